The summed E-state index contributed by atoms with van der Waals surface area (Å²) in [5.74, 6) is 0.831. The number of hydrogen-bond donors (Lipinski definition) is 1. The summed E-state index contributed by atoms with van der Waals surface area (Å²) >= 11 is 0. The highest BCUT2D eigenvalue weighted by Crippen LogP contribution is 2.21. The largest absolute Gasteiger partial charge is 0.327 e. The summed E-state index contributed by atoms with van der Waals surface area (Å²) < 4.78 is 26.5. The molecule has 0 fully saturated rings. The zero-order valence-corrected chi connectivity index (χ0v) is 15.1. The van der Waals surface area contributed by atoms with E-state index in [0.717, 1.165) is 22.6 Å². The molecule has 0 aliphatic heterocycles. The third-order valence-electron chi connectivity index (χ3n) is 4.21. The maximum atomic E-state index is 11.4. The van der Waals surface area contributed by atoms with Crippen molar-refractivity contribution in [1.29, 1.82) is 0 Å². The van der Waals surface area contributed by atoms with E-state index in [2.05, 4.69) is 10.1 Å². The van der Waals surface area contributed by atoms with Gasteiger partial charge in [0.05, 0.1) is 10.6 Å². The molecule has 0 aliphatic carbocycles. The van der Waals surface area contributed by atoms with Gasteiger partial charge in [-0.05, 0) is 48.0 Å². The topological polar surface area (TPSA) is 95.8 Å². The lowest BCUT2D eigenvalue weighted by atomic mass is 10.2. The molecule has 0 radical (unpaired) electrons. The normalized spacial score (nSPS) is 11.6. The van der Waals surface area contributed by atoms with Gasteiger partial charge in [-0.1, -0.05) is 12.1 Å². The van der Waals surface area contributed by atoms with Crippen molar-refractivity contribution in [3.05, 3.63) is 84.9 Å². The average molecular weight is 379 g/mol. The maximum absolute atomic E-state index is 11.4. The van der Waals surface area contributed by atoms with Gasteiger partial charge in [0.15, 0.2) is 0 Å². The predicted octanol–water partition coefficient (Wildman–Crippen LogP) is 2.43. The second kappa shape index (κ2) is 6.82. The Morgan fingerprint density at radius 2 is 1.67 bits per heavy atom. The van der Waals surface area contributed by atoms with E-state index in [1.807, 2.05) is 47.3 Å². The van der Waals surface area contributed by atoms with Crippen molar-refractivity contribution in [2.75, 3.05) is 0 Å². The fourth-order valence-electron chi connectivity index (χ4n) is 2.86. The standard InChI is InChI=1S/C19H17N5O2S/c20-27(25,26)18-8-2-15(3-9-18)14-23-13-11-21-19(23)16-4-6-17(7-5-16)24-12-1-10-22-24/h1-13H,14H2,(H2,20,25,26). The first-order valence-electron chi connectivity index (χ1n) is 8.24. The van der Waals surface area contributed by atoms with Gasteiger partial charge in [0, 0.05) is 36.9 Å². The van der Waals surface area contributed by atoms with Crippen molar-refractivity contribution >= 4 is 10.0 Å². The van der Waals surface area contributed by atoms with Gasteiger partial charge in [-0.2, -0.15) is 5.10 Å². The molecule has 8 heteroatoms. The lowest BCUT2D eigenvalue weighted by molar-refractivity contribution is 0.597. The second-order valence-electron chi connectivity index (χ2n) is 6.07. The molecule has 0 bridgehead atoms. The number of primary sulfonamides is 1. The van der Waals surface area contributed by atoms with Crippen LogP contribution in [-0.2, 0) is 16.6 Å². The summed E-state index contributed by atoms with van der Waals surface area (Å²) in [5, 5.41) is 9.36. The molecule has 27 heavy (non-hydrogen) atoms. The minimum absolute atomic E-state index is 0.103. The van der Waals surface area contributed by atoms with E-state index in [-0.39, 0.29) is 4.90 Å². The molecule has 0 saturated heterocycles. The third kappa shape index (κ3) is 3.67. The van der Waals surface area contributed by atoms with E-state index in [9.17, 15) is 8.42 Å². The van der Waals surface area contributed by atoms with Crippen LogP contribution in [0.1, 0.15) is 5.56 Å². The first-order valence-corrected chi connectivity index (χ1v) is 9.79. The van der Waals surface area contributed by atoms with Crippen molar-refractivity contribution in [3.63, 3.8) is 0 Å². The zero-order valence-electron chi connectivity index (χ0n) is 14.3. The second-order valence-corrected chi connectivity index (χ2v) is 7.63. The highest BCUT2D eigenvalue weighted by molar-refractivity contribution is 7.89. The summed E-state index contributed by atoms with van der Waals surface area (Å²) in [7, 11) is -3.68. The molecule has 4 rings (SSSR count). The Kier molecular flexibility index (Phi) is 4.35. The Morgan fingerprint density at radius 1 is 0.926 bits per heavy atom. The monoisotopic (exact) mass is 379 g/mol. The van der Waals surface area contributed by atoms with E-state index in [1.54, 1.807) is 29.2 Å². The third-order valence-corrected chi connectivity index (χ3v) is 5.14. The average Bonchev–Trinajstić information content (AvgIpc) is 3.34. The smallest absolute Gasteiger partial charge is 0.238 e. The molecule has 0 aliphatic rings. The van der Waals surface area contributed by atoms with Gasteiger partial charge in [0.1, 0.15) is 5.82 Å². The summed E-state index contributed by atoms with van der Waals surface area (Å²) in [5.41, 5.74) is 2.91. The molecule has 0 atom stereocenters. The van der Waals surface area contributed by atoms with Crippen LogP contribution in [0.3, 0.4) is 0 Å². The minimum atomic E-state index is -3.68. The van der Waals surface area contributed by atoms with Crippen LogP contribution in [0.25, 0.3) is 17.1 Å². The molecule has 0 saturated carbocycles. The van der Waals surface area contributed by atoms with E-state index in [4.69, 9.17) is 5.14 Å². The lowest BCUT2D eigenvalue weighted by Crippen LogP contribution is -2.12. The number of nitrogens with two attached hydrogens (primary N) is 1. The number of aromatic nitrogens is 4. The van der Waals surface area contributed by atoms with Crippen LogP contribution in [0.15, 0.2) is 84.3 Å². The SMILES string of the molecule is NS(=O)(=O)c1ccc(Cn2ccnc2-c2ccc(-n3cccn3)cc2)cc1. The van der Waals surface area contributed by atoms with Gasteiger partial charge in [0.2, 0.25) is 10.0 Å². The van der Waals surface area contributed by atoms with Crippen LogP contribution < -0.4 is 5.14 Å². The molecule has 136 valence electrons. The van der Waals surface area contributed by atoms with Gasteiger partial charge >= 0.3 is 0 Å². The molecule has 7 nitrogen and oxygen atoms in total. The number of benzene rings is 2. The Hall–Kier alpha value is -3.23. The van der Waals surface area contributed by atoms with Gasteiger partial charge < -0.3 is 4.57 Å². The van der Waals surface area contributed by atoms with E-state index < -0.39 is 10.0 Å². The van der Waals surface area contributed by atoms with Crippen LogP contribution >= 0.6 is 0 Å². The fourth-order valence-corrected chi connectivity index (χ4v) is 3.38. The predicted molar refractivity (Wildman–Crippen MR) is 102 cm³/mol. The van der Waals surface area contributed by atoms with E-state index in [0.29, 0.717) is 6.54 Å². The number of hydrogen-bond acceptors (Lipinski definition) is 4. The van der Waals surface area contributed by atoms with E-state index >= 15 is 0 Å². The Balaban J connectivity index is 1.58. The van der Waals surface area contributed by atoms with Gasteiger partial charge in [-0.3, -0.25) is 0 Å². The number of imidazole rings is 1. The molecule has 0 unspecified atom stereocenters. The first-order chi connectivity index (χ1) is 13.0. The minimum Gasteiger partial charge on any atom is -0.327 e. The van der Waals surface area contributed by atoms with Crippen molar-refractivity contribution < 1.29 is 8.42 Å². The van der Waals surface area contributed by atoms with Gasteiger partial charge in [0.25, 0.3) is 0 Å². The van der Waals surface area contributed by atoms with Crippen LogP contribution in [0.2, 0.25) is 0 Å². The summed E-state index contributed by atoms with van der Waals surface area (Å²) in [6.07, 6.45) is 7.27. The van der Waals surface area contributed by atoms with Crippen molar-refractivity contribution in [2.45, 2.75) is 11.4 Å². The Morgan fingerprint density at radius 3 is 2.30 bits per heavy atom. The summed E-state index contributed by atoms with van der Waals surface area (Å²) in [6.45, 7) is 0.571. The Labute approximate surface area is 156 Å². The first kappa shape index (κ1) is 17.2. The van der Waals surface area contributed by atoms with Crippen LogP contribution in [-0.4, -0.2) is 27.7 Å². The zero-order chi connectivity index (χ0) is 18.9. The fraction of sp³-hybridized carbons (Fsp3) is 0.0526. The summed E-state index contributed by atoms with van der Waals surface area (Å²) in [4.78, 5) is 4.56. The Bertz CT molecular complexity index is 1150. The van der Waals surface area contributed by atoms with E-state index in [1.165, 1.54) is 12.1 Å². The van der Waals surface area contributed by atoms with Crippen molar-refractivity contribution in [2.24, 2.45) is 5.14 Å². The molecular weight excluding hydrogens is 362 g/mol. The van der Waals surface area contributed by atoms with Crippen molar-refractivity contribution in [3.8, 4) is 17.1 Å². The van der Waals surface area contributed by atoms with Crippen LogP contribution in [0.4, 0.5) is 0 Å². The molecule has 0 spiro atoms. The quantitative estimate of drug-likeness (QED) is 0.576. The van der Waals surface area contributed by atoms with Crippen LogP contribution in [0, 0.1) is 0 Å². The molecule has 2 aromatic heterocycles. The molecule has 2 heterocycles. The number of sulfonamides is 1. The molecular formula is C19H17N5O2S. The highest BCUT2D eigenvalue weighted by atomic mass is 32.2. The number of rotatable bonds is 5. The lowest BCUT2D eigenvalue weighted by Gasteiger charge is -2.09. The van der Waals surface area contributed by atoms with Gasteiger partial charge in [-0.25, -0.2) is 23.2 Å². The highest BCUT2D eigenvalue weighted by Gasteiger charge is 2.09. The van der Waals surface area contributed by atoms with Gasteiger partial charge in [-0.15, -0.1) is 0 Å². The summed E-state index contributed by atoms with van der Waals surface area (Å²) in [6, 6.07) is 16.4. The molecule has 0 amide bonds. The van der Waals surface area contributed by atoms with Crippen LogP contribution in [0.5, 0.6) is 0 Å². The number of nitrogens with zero attached hydrogens (tertiary/aromatic N) is 4. The molecule has 4 aromatic rings. The molecule has 2 aromatic carbocycles. The molecule has 2 N–H and O–H groups in total. The van der Waals surface area contributed by atoms with Crippen molar-refractivity contribution in [1.82, 2.24) is 19.3 Å². The maximum Gasteiger partial charge on any atom is 0.238 e.